The highest BCUT2D eigenvalue weighted by Crippen LogP contribution is 2.39. The number of aromatic nitrogens is 2. The summed E-state index contributed by atoms with van der Waals surface area (Å²) in [6, 6.07) is 5.97. The van der Waals surface area contributed by atoms with Crippen molar-refractivity contribution in [2.45, 2.75) is 51.0 Å². The molecule has 1 atom stereocenters. The number of carbonyl (C=O) groups excluding carboxylic acids is 2. The minimum atomic E-state index is -3.16. The van der Waals surface area contributed by atoms with Crippen molar-refractivity contribution in [2.24, 2.45) is 0 Å². The Labute approximate surface area is 245 Å². The molecule has 1 aromatic heterocycles. The van der Waals surface area contributed by atoms with Gasteiger partial charge in [0.05, 0.1) is 18.3 Å². The Hall–Kier alpha value is -4.11. The van der Waals surface area contributed by atoms with Crippen molar-refractivity contribution in [1.82, 2.24) is 25.1 Å². The number of unbranched alkanes of at least 4 members (excludes halogenated alkanes) is 1. The standard InChI is InChI=1S/C30H38F3N7O2/c1-5-15-34-26-22(19-36-28(38-26)37-24-13-9-12-23(31)18-24)11-7-6-8-16-35-27(42)29(2)20-30(32,33)21-40(29)25(41)14-10-17-39(3)4/h9-10,12-14,18-19H,5-6,8,15-17,20-21H2,1-4H3,(H,35,42)(H2,34,36,37,38)/b14-10+/t29-/m0/s1. The average molecular weight is 586 g/mol. The van der Waals surface area contributed by atoms with Gasteiger partial charge in [-0.1, -0.05) is 30.9 Å². The van der Waals surface area contributed by atoms with E-state index in [0.717, 1.165) is 11.3 Å². The number of rotatable bonds is 12. The molecule has 2 amide bonds. The van der Waals surface area contributed by atoms with Gasteiger partial charge in [0.2, 0.25) is 17.8 Å². The number of likely N-dealkylation sites (tertiary alicyclic amines) is 1. The summed E-state index contributed by atoms with van der Waals surface area (Å²) < 4.78 is 42.1. The van der Waals surface area contributed by atoms with Crippen LogP contribution in [0.5, 0.6) is 0 Å². The number of carbonyl (C=O) groups is 2. The molecule has 3 N–H and O–H groups in total. The normalized spacial score (nSPS) is 17.7. The molecule has 2 heterocycles. The fourth-order valence-electron chi connectivity index (χ4n) is 4.37. The number of nitrogens with zero attached hydrogens (tertiary/aromatic N) is 4. The monoisotopic (exact) mass is 585 g/mol. The molecule has 12 heteroatoms. The van der Waals surface area contributed by atoms with Crippen LogP contribution >= 0.6 is 0 Å². The molecular formula is C30H38F3N7O2. The Morgan fingerprint density at radius 2 is 2.02 bits per heavy atom. The Kier molecular flexibility index (Phi) is 11.3. The third kappa shape index (κ3) is 9.21. The van der Waals surface area contributed by atoms with Gasteiger partial charge in [0, 0.05) is 44.2 Å². The van der Waals surface area contributed by atoms with Gasteiger partial charge in [0.1, 0.15) is 17.2 Å². The first kappa shape index (κ1) is 32.4. The summed E-state index contributed by atoms with van der Waals surface area (Å²) in [5.74, 6) is 2.11. The van der Waals surface area contributed by atoms with Gasteiger partial charge in [-0.25, -0.2) is 18.2 Å². The third-order valence-corrected chi connectivity index (χ3v) is 6.47. The quantitative estimate of drug-likeness (QED) is 0.195. The summed E-state index contributed by atoms with van der Waals surface area (Å²) in [4.78, 5) is 37.2. The van der Waals surface area contributed by atoms with Crippen molar-refractivity contribution >= 4 is 29.3 Å². The summed E-state index contributed by atoms with van der Waals surface area (Å²) in [7, 11) is 3.64. The smallest absolute Gasteiger partial charge is 0.268 e. The Bertz CT molecular complexity index is 1340. The first-order valence-corrected chi connectivity index (χ1v) is 13.8. The zero-order valence-corrected chi connectivity index (χ0v) is 24.4. The molecule has 9 nitrogen and oxygen atoms in total. The van der Waals surface area contributed by atoms with Crippen LogP contribution < -0.4 is 16.0 Å². The van der Waals surface area contributed by atoms with E-state index in [0.29, 0.717) is 48.9 Å². The predicted molar refractivity (Wildman–Crippen MR) is 157 cm³/mol. The van der Waals surface area contributed by atoms with E-state index in [1.807, 2.05) is 25.9 Å². The van der Waals surface area contributed by atoms with Gasteiger partial charge in [-0.15, -0.1) is 0 Å². The zero-order valence-electron chi connectivity index (χ0n) is 24.4. The molecule has 0 radical (unpaired) electrons. The van der Waals surface area contributed by atoms with Crippen LogP contribution in [0.1, 0.15) is 45.1 Å². The molecule has 1 aromatic carbocycles. The summed E-state index contributed by atoms with van der Waals surface area (Å²) in [6.45, 7) is 3.93. The van der Waals surface area contributed by atoms with Crippen LogP contribution in [-0.2, 0) is 9.59 Å². The van der Waals surface area contributed by atoms with Gasteiger partial charge in [-0.2, -0.15) is 4.98 Å². The third-order valence-electron chi connectivity index (χ3n) is 6.47. The van der Waals surface area contributed by atoms with Crippen LogP contribution in [0.15, 0.2) is 42.6 Å². The van der Waals surface area contributed by atoms with Crippen LogP contribution in [0.4, 0.5) is 30.6 Å². The minimum absolute atomic E-state index is 0.209. The van der Waals surface area contributed by atoms with Gasteiger partial charge < -0.3 is 25.8 Å². The molecule has 0 unspecified atom stereocenters. The summed E-state index contributed by atoms with van der Waals surface area (Å²) in [5, 5.41) is 8.88. The topological polar surface area (TPSA) is 102 Å². The van der Waals surface area contributed by atoms with Gasteiger partial charge in [-0.05, 0) is 52.1 Å². The van der Waals surface area contributed by atoms with Crippen molar-refractivity contribution in [2.75, 3.05) is 50.9 Å². The Balaban J connectivity index is 1.58. The number of benzene rings is 1. The molecule has 226 valence electrons. The van der Waals surface area contributed by atoms with Crippen molar-refractivity contribution in [3.05, 3.63) is 54.0 Å². The molecule has 0 aliphatic carbocycles. The first-order chi connectivity index (χ1) is 19.9. The number of hydrogen-bond donors (Lipinski definition) is 3. The van der Waals surface area contributed by atoms with E-state index >= 15 is 0 Å². The molecule has 42 heavy (non-hydrogen) atoms. The number of nitrogens with one attached hydrogen (secondary N) is 3. The lowest BCUT2D eigenvalue weighted by Crippen LogP contribution is -2.55. The molecule has 1 saturated heterocycles. The largest absolute Gasteiger partial charge is 0.369 e. The number of alkyl halides is 2. The minimum Gasteiger partial charge on any atom is -0.369 e. The lowest BCUT2D eigenvalue weighted by Gasteiger charge is -2.32. The van der Waals surface area contributed by atoms with Crippen molar-refractivity contribution < 1.29 is 22.8 Å². The maximum atomic E-state index is 14.3. The molecule has 0 saturated carbocycles. The fourth-order valence-corrected chi connectivity index (χ4v) is 4.37. The molecule has 1 aliphatic heterocycles. The van der Waals surface area contributed by atoms with Gasteiger partial charge in [0.25, 0.3) is 5.92 Å². The van der Waals surface area contributed by atoms with E-state index in [1.54, 1.807) is 24.4 Å². The fraction of sp³-hybridized carbons (Fsp3) is 0.467. The van der Waals surface area contributed by atoms with Crippen LogP contribution in [0.2, 0.25) is 0 Å². The van der Waals surface area contributed by atoms with Gasteiger partial charge in [-0.3, -0.25) is 9.59 Å². The van der Waals surface area contributed by atoms with E-state index in [2.05, 4.69) is 37.8 Å². The van der Waals surface area contributed by atoms with E-state index in [1.165, 1.54) is 25.1 Å². The van der Waals surface area contributed by atoms with E-state index in [4.69, 9.17) is 0 Å². The van der Waals surface area contributed by atoms with Crippen LogP contribution in [0.3, 0.4) is 0 Å². The van der Waals surface area contributed by atoms with E-state index < -0.39 is 36.2 Å². The van der Waals surface area contributed by atoms with Crippen LogP contribution in [-0.4, -0.2) is 83.3 Å². The van der Waals surface area contributed by atoms with Gasteiger partial charge >= 0.3 is 0 Å². The highest BCUT2D eigenvalue weighted by molar-refractivity contribution is 5.96. The number of anilines is 3. The lowest BCUT2D eigenvalue weighted by atomic mass is 9.96. The molecule has 0 bridgehead atoms. The van der Waals surface area contributed by atoms with Crippen molar-refractivity contribution in [1.29, 1.82) is 0 Å². The summed E-state index contributed by atoms with van der Waals surface area (Å²) in [5.41, 5.74) is -0.567. The van der Waals surface area contributed by atoms with Crippen molar-refractivity contribution in [3.8, 4) is 11.8 Å². The van der Waals surface area contributed by atoms with E-state index in [9.17, 15) is 22.8 Å². The molecule has 2 aromatic rings. The van der Waals surface area contributed by atoms with Crippen LogP contribution in [0.25, 0.3) is 0 Å². The van der Waals surface area contributed by atoms with E-state index in [-0.39, 0.29) is 12.4 Å². The Morgan fingerprint density at radius 3 is 2.74 bits per heavy atom. The number of likely N-dealkylation sites (N-methyl/N-ethyl adjacent to an activating group) is 1. The van der Waals surface area contributed by atoms with Gasteiger partial charge in [0.15, 0.2) is 0 Å². The summed E-state index contributed by atoms with van der Waals surface area (Å²) >= 11 is 0. The number of hydrogen-bond acceptors (Lipinski definition) is 7. The second-order valence-electron chi connectivity index (χ2n) is 10.6. The summed E-state index contributed by atoms with van der Waals surface area (Å²) in [6.07, 6.45) is 5.40. The molecule has 0 spiro atoms. The first-order valence-electron chi connectivity index (χ1n) is 13.8. The van der Waals surface area contributed by atoms with Crippen LogP contribution in [0, 0.1) is 17.7 Å². The maximum Gasteiger partial charge on any atom is 0.268 e. The predicted octanol–water partition coefficient (Wildman–Crippen LogP) is 4.17. The SMILES string of the molecule is CCCNc1nc(Nc2cccc(F)c2)ncc1C#CCCCNC(=O)[C@]1(C)CC(F)(F)CN1C(=O)/C=C/CN(C)C. The maximum absolute atomic E-state index is 14.3. The highest BCUT2D eigenvalue weighted by Gasteiger charge is 2.57. The second-order valence-corrected chi connectivity index (χ2v) is 10.6. The average Bonchev–Trinajstić information content (AvgIpc) is 3.19. The highest BCUT2D eigenvalue weighted by atomic mass is 19.3. The zero-order chi connectivity index (χ0) is 30.8. The molecule has 3 rings (SSSR count). The number of halogens is 3. The molecule has 1 fully saturated rings. The van der Waals surface area contributed by atoms with Crippen molar-refractivity contribution in [3.63, 3.8) is 0 Å². The second kappa shape index (κ2) is 14.7. The molecule has 1 aliphatic rings. The lowest BCUT2D eigenvalue weighted by molar-refractivity contribution is -0.141. The molecular weight excluding hydrogens is 547 g/mol. The Morgan fingerprint density at radius 1 is 1.24 bits per heavy atom. The number of amides is 2.